The fourth-order valence-corrected chi connectivity index (χ4v) is 3.57. The van der Waals surface area contributed by atoms with E-state index in [-0.39, 0.29) is 0 Å². The topological polar surface area (TPSA) is 51.4 Å². The first-order chi connectivity index (χ1) is 12.2. The molecule has 1 saturated heterocycles. The van der Waals surface area contributed by atoms with Crippen molar-refractivity contribution in [1.29, 1.82) is 0 Å². The maximum absolute atomic E-state index is 6.17. The molecule has 1 unspecified atom stereocenters. The van der Waals surface area contributed by atoms with Crippen molar-refractivity contribution in [2.24, 2.45) is 4.99 Å². The lowest BCUT2D eigenvalue weighted by atomic mass is 10.2. The van der Waals surface area contributed by atoms with Gasteiger partial charge in [0.2, 0.25) is 0 Å². The van der Waals surface area contributed by atoms with Gasteiger partial charge < -0.3 is 15.1 Å². The Kier molecular flexibility index (Phi) is 4.61. The summed E-state index contributed by atoms with van der Waals surface area (Å²) in [6, 6.07) is 4.14. The molecule has 4 heterocycles. The summed E-state index contributed by atoms with van der Waals surface area (Å²) in [6.45, 7) is 8.33. The van der Waals surface area contributed by atoms with E-state index in [0.717, 1.165) is 55.0 Å². The summed E-state index contributed by atoms with van der Waals surface area (Å²) < 4.78 is 1.63. The lowest BCUT2D eigenvalue weighted by Gasteiger charge is -2.35. The van der Waals surface area contributed by atoms with E-state index in [1.165, 1.54) is 5.69 Å². The van der Waals surface area contributed by atoms with Crippen molar-refractivity contribution in [2.45, 2.75) is 6.92 Å². The summed E-state index contributed by atoms with van der Waals surface area (Å²) in [7, 11) is 0. The van der Waals surface area contributed by atoms with Crippen molar-refractivity contribution < 1.29 is 4.90 Å². The summed E-state index contributed by atoms with van der Waals surface area (Å²) in [5.74, 6) is 1.74. The van der Waals surface area contributed by atoms with Crippen LogP contribution in [0.5, 0.6) is 0 Å². The van der Waals surface area contributed by atoms with Gasteiger partial charge in [-0.1, -0.05) is 6.92 Å². The van der Waals surface area contributed by atoms with Gasteiger partial charge in [0, 0.05) is 38.0 Å². The van der Waals surface area contributed by atoms with Crippen LogP contribution < -0.4 is 15.1 Å². The Morgan fingerprint density at radius 2 is 2.08 bits per heavy atom. The van der Waals surface area contributed by atoms with Gasteiger partial charge in [-0.15, -0.1) is 0 Å². The predicted octanol–water partition coefficient (Wildman–Crippen LogP) is 0.672. The number of aliphatic imine (C=N–C) groups is 1. The van der Waals surface area contributed by atoms with E-state index in [0.29, 0.717) is 6.67 Å². The van der Waals surface area contributed by atoms with E-state index in [9.17, 15) is 0 Å². The number of nitrogens with zero attached hydrogens (tertiary/aromatic N) is 5. The van der Waals surface area contributed by atoms with Crippen LogP contribution >= 0.6 is 11.8 Å². The molecular formula is C17H23ClN7+. The van der Waals surface area contributed by atoms with E-state index in [1.807, 2.05) is 30.9 Å². The Morgan fingerprint density at radius 3 is 2.80 bits per heavy atom. The number of amidine groups is 1. The van der Waals surface area contributed by atoms with Crippen molar-refractivity contribution >= 4 is 29.1 Å². The van der Waals surface area contributed by atoms with Gasteiger partial charge in [-0.3, -0.25) is 0 Å². The average molecular weight is 361 g/mol. The molecule has 25 heavy (non-hydrogen) atoms. The Labute approximate surface area is 153 Å². The highest BCUT2D eigenvalue weighted by Gasteiger charge is 2.30. The SMILES string of the molecule is CCN1CCN(c2ccc(NC3=CN(Cl)C[NH+]4C=CN=C34)nc2)CC1. The highest BCUT2D eigenvalue weighted by Crippen LogP contribution is 2.19. The number of anilines is 2. The highest BCUT2D eigenvalue weighted by molar-refractivity contribution is 6.14. The molecule has 0 radical (unpaired) electrons. The van der Waals surface area contributed by atoms with Crippen LogP contribution in [0.3, 0.4) is 0 Å². The summed E-state index contributed by atoms with van der Waals surface area (Å²) in [5, 5.41) is 3.33. The maximum Gasteiger partial charge on any atom is 0.257 e. The molecule has 1 aromatic heterocycles. The molecule has 0 spiro atoms. The Hall–Kier alpha value is -2.09. The molecule has 0 saturated carbocycles. The van der Waals surface area contributed by atoms with Gasteiger partial charge in [-0.05, 0) is 18.7 Å². The van der Waals surface area contributed by atoms with Gasteiger partial charge in [0.05, 0.1) is 24.3 Å². The number of halogens is 1. The molecule has 1 fully saturated rings. The number of rotatable bonds is 4. The van der Waals surface area contributed by atoms with E-state index in [1.54, 1.807) is 4.42 Å². The van der Waals surface area contributed by atoms with E-state index in [2.05, 4.69) is 38.1 Å². The van der Waals surface area contributed by atoms with Crippen LogP contribution in [-0.2, 0) is 0 Å². The normalized spacial score (nSPS) is 23.4. The van der Waals surface area contributed by atoms with Crippen molar-refractivity contribution in [3.63, 3.8) is 0 Å². The van der Waals surface area contributed by atoms with E-state index >= 15 is 0 Å². The van der Waals surface area contributed by atoms with Gasteiger partial charge in [-0.25, -0.2) is 14.3 Å². The molecule has 4 rings (SSSR count). The number of nitrogens with one attached hydrogen (secondary N) is 2. The second-order valence-corrected chi connectivity index (χ2v) is 6.80. The number of hydrogen-bond donors (Lipinski definition) is 2. The molecule has 2 N–H and O–H groups in total. The lowest BCUT2D eigenvalue weighted by Crippen LogP contribution is -3.11. The molecule has 1 atom stereocenters. The third kappa shape index (κ3) is 3.49. The lowest BCUT2D eigenvalue weighted by molar-refractivity contribution is -0.755. The minimum absolute atomic E-state index is 0.665. The summed E-state index contributed by atoms with van der Waals surface area (Å²) >= 11 is 6.17. The predicted molar refractivity (Wildman–Crippen MR) is 100 cm³/mol. The van der Waals surface area contributed by atoms with Crippen LogP contribution in [0.1, 0.15) is 6.92 Å². The number of aromatic nitrogens is 1. The molecule has 8 heteroatoms. The van der Waals surface area contributed by atoms with Gasteiger partial charge in [0.1, 0.15) is 17.7 Å². The Morgan fingerprint density at radius 1 is 1.24 bits per heavy atom. The van der Waals surface area contributed by atoms with Crippen LogP contribution in [0.25, 0.3) is 0 Å². The molecule has 0 aliphatic carbocycles. The van der Waals surface area contributed by atoms with Crippen LogP contribution in [0.2, 0.25) is 0 Å². The quantitative estimate of drug-likeness (QED) is 0.773. The molecule has 0 amide bonds. The zero-order valence-electron chi connectivity index (χ0n) is 14.3. The van der Waals surface area contributed by atoms with Gasteiger partial charge in [0.25, 0.3) is 5.84 Å². The van der Waals surface area contributed by atoms with Crippen LogP contribution in [0, 0.1) is 0 Å². The number of quaternary nitrogens is 1. The first kappa shape index (κ1) is 16.4. The third-order valence-electron chi connectivity index (χ3n) is 4.82. The number of piperazine rings is 1. The summed E-state index contributed by atoms with van der Waals surface area (Å²) in [5.41, 5.74) is 2.04. The van der Waals surface area contributed by atoms with E-state index in [4.69, 9.17) is 11.8 Å². The first-order valence-corrected chi connectivity index (χ1v) is 9.02. The third-order valence-corrected chi connectivity index (χ3v) is 5.04. The van der Waals surface area contributed by atoms with Crippen molar-refractivity contribution in [1.82, 2.24) is 14.3 Å². The molecule has 0 bridgehead atoms. The van der Waals surface area contributed by atoms with Gasteiger partial charge in [0.15, 0.2) is 6.67 Å². The smallest absolute Gasteiger partial charge is 0.257 e. The van der Waals surface area contributed by atoms with Crippen molar-refractivity contribution in [3.8, 4) is 0 Å². The van der Waals surface area contributed by atoms with Crippen LogP contribution in [0.4, 0.5) is 11.5 Å². The second kappa shape index (κ2) is 7.03. The van der Waals surface area contributed by atoms with Crippen molar-refractivity contribution in [3.05, 3.63) is 42.6 Å². The fraction of sp³-hybridized carbons (Fsp3) is 0.412. The molecule has 132 valence electrons. The standard InChI is InChI=1S/C17H22ClN7/c1-2-22-7-9-23(10-8-22)14-3-4-16(20-11-14)21-15-12-25(18)13-24-6-5-19-17(15)24/h3-6,11-12H,2,7-10,13H2,1H3,(H,20,21)/p+1. The second-order valence-electron chi connectivity index (χ2n) is 6.37. The molecule has 0 aromatic carbocycles. The van der Waals surface area contributed by atoms with Crippen LogP contribution in [-0.4, -0.2) is 59.5 Å². The zero-order valence-corrected chi connectivity index (χ0v) is 15.1. The average Bonchev–Trinajstić information content (AvgIpc) is 3.11. The maximum atomic E-state index is 6.17. The summed E-state index contributed by atoms with van der Waals surface area (Å²) in [6.07, 6.45) is 7.59. The highest BCUT2D eigenvalue weighted by atomic mass is 35.5. The first-order valence-electron chi connectivity index (χ1n) is 8.68. The van der Waals surface area contributed by atoms with Crippen molar-refractivity contribution in [2.75, 3.05) is 49.6 Å². The number of fused-ring (bicyclic) bond motifs is 1. The molecular weight excluding hydrogens is 338 g/mol. The molecule has 7 nitrogen and oxygen atoms in total. The monoisotopic (exact) mass is 360 g/mol. The number of hydrogen-bond acceptors (Lipinski definition) is 6. The minimum Gasteiger partial charge on any atom is -0.368 e. The molecule has 3 aliphatic heterocycles. The summed E-state index contributed by atoms with van der Waals surface area (Å²) in [4.78, 5) is 15.0. The van der Waals surface area contributed by atoms with Gasteiger partial charge in [-0.2, -0.15) is 4.99 Å². The van der Waals surface area contributed by atoms with E-state index < -0.39 is 0 Å². The van der Waals surface area contributed by atoms with Gasteiger partial charge >= 0.3 is 0 Å². The number of likely N-dealkylation sites (N-methyl/N-ethyl adjacent to an activating group) is 1. The minimum atomic E-state index is 0.665. The fourth-order valence-electron chi connectivity index (χ4n) is 3.34. The van der Waals surface area contributed by atoms with Crippen LogP contribution in [0.15, 0.2) is 47.6 Å². The Balaban J connectivity index is 1.43. The molecule has 1 aromatic rings. The largest absolute Gasteiger partial charge is 0.368 e. The zero-order chi connectivity index (χ0) is 17.2. The Bertz CT molecular complexity index is 704. The number of pyridine rings is 1. The molecule has 3 aliphatic rings.